The lowest BCUT2D eigenvalue weighted by molar-refractivity contribution is 0.0947. The van der Waals surface area contributed by atoms with E-state index >= 15 is 0 Å². The van der Waals surface area contributed by atoms with Crippen molar-refractivity contribution in [3.8, 4) is 0 Å². The van der Waals surface area contributed by atoms with Gasteiger partial charge in [0.1, 0.15) is 0 Å². The van der Waals surface area contributed by atoms with E-state index in [1.807, 2.05) is 12.1 Å². The molecule has 0 spiro atoms. The zero-order valence-corrected chi connectivity index (χ0v) is 22.6. The predicted molar refractivity (Wildman–Crippen MR) is 145 cm³/mol. The number of carbonyl (C=O) groups excluding carboxylic acids is 1. The molecule has 2 fully saturated rings. The normalized spacial score (nSPS) is 17.7. The molecule has 0 radical (unpaired) electrons. The van der Waals surface area contributed by atoms with Crippen molar-refractivity contribution in [3.63, 3.8) is 0 Å². The number of carbonyl (C=O) groups is 1. The maximum Gasteiger partial charge on any atom is 0.251 e. The van der Waals surface area contributed by atoms with Gasteiger partial charge in [-0.3, -0.25) is 9.69 Å². The third-order valence-electron chi connectivity index (χ3n) is 6.86. The second-order valence-electron chi connectivity index (χ2n) is 9.26. The summed E-state index contributed by atoms with van der Waals surface area (Å²) in [7, 11) is -3.47. The first-order chi connectivity index (χ1) is 17.3. The largest absolute Gasteiger partial charge is 0.351 e. The number of rotatable bonds is 7. The van der Waals surface area contributed by atoms with Crippen molar-refractivity contribution in [1.29, 1.82) is 0 Å². The van der Waals surface area contributed by atoms with Gasteiger partial charge in [0.05, 0.1) is 20.1 Å². The first-order valence-electron chi connectivity index (χ1n) is 12.2. The number of nitrogens with zero attached hydrogens (tertiary/aromatic N) is 4. The monoisotopic (exact) mass is 547 g/mol. The van der Waals surface area contributed by atoms with Gasteiger partial charge in [0.2, 0.25) is 10.0 Å². The number of fused-ring (bicyclic) bond motifs is 1. The number of benzene rings is 2. The van der Waals surface area contributed by atoms with E-state index in [1.165, 1.54) is 16.4 Å². The summed E-state index contributed by atoms with van der Waals surface area (Å²) in [5, 5.41) is 4.70. The van der Waals surface area contributed by atoms with Crippen molar-refractivity contribution >= 4 is 54.2 Å². The number of halogens is 1. The standard InChI is InChI=1S/C25H30ClN5O3S2/c1-18-4-9-21(26)23-22(18)28-25(35-23)30-16-14-29(15-17-30)13-10-27-24(32)19-5-7-20(8-6-19)36(33,34)31-11-2-3-12-31/h4-9H,2-3,10-17H2,1H3,(H,27,32). The van der Waals surface area contributed by atoms with Crippen molar-refractivity contribution in [3.05, 3.63) is 52.5 Å². The molecule has 2 saturated heterocycles. The SMILES string of the molecule is Cc1ccc(Cl)c2sc(N3CCN(CCNC(=O)c4ccc(S(=O)(=O)N5CCCC5)cc4)CC3)nc12. The quantitative estimate of drug-likeness (QED) is 0.486. The minimum atomic E-state index is -3.47. The number of aryl methyl sites for hydroxylation is 1. The summed E-state index contributed by atoms with van der Waals surface area (Å²) in [5.74, 6) is -0.194. The van der Waals surface area contributed by atoms with Gasteiger partial charge in [-0.15, -0.1) is 0 Å². The zero-order valence-electron chi connectivity index (χ0n) is 20.2. The van der Waals surface area contributed by atoms with E-state index in [-0.39, 0.29) is 10.8 Å². The second-order valence-corrected chi connectivity index (χ2v) is 12.6. The molecule has 0 bridgehead atoms. The fourth-order valence-electron chi connectivity index (χ4n) is 4.67. The maximum absolute atomic E-state index is 12.7. The molecule has 1 amide bonds. The van der Waals surface area contributed by atoms with Crippen LogP contribution in [0.15, 0.2) is 41.3 Å². The summed E-state index contributed by atoms with van der Waals surface area (Å²) < 4.78 is 27.9. The molecule has 3 aromatic rings. The van der Waals surface area contributed by atoms with Crippen molar-refractivity contribution < 1.29 is 13.2 Å². The highest BCUT2D eigenvalue weighted by molar-refractivity contribution is 7.89. The molecule has 1 aromatic heterocycles. The Morgan fingerprint density at radius 1 is 1.03 bits per heavy atom. The van der Waals surface area contributed by atoms with Crippen LogP contribution >= 0.6 is 22.9 Å². The molecule has 36 heavy (non-hydrogen) atoms. The van der Waals surface area contributed by atoms with Crippen LogP contribution in [0.4, 0.5) is 5.13 Å². The Kier molecular flexibility index (Phi) is 7.50. The van der Waals surface area contributed by atoms with Crippen LogP contribution in [0.1, 0.15) is 28.8 Å². The molecule has 1 N–H and O–H groups in total. The van der Waals surface area contributed by atoms with Crippen LogP contribution in [-0.4, -0.2) is 80.9 Å². The molecule has 8 nitrogen and oxygen atoms in total. The molecule has 2 aliphatic heterocycles. The van der Waals surface area contributed by atoms with Crippen LogP contribution in [0, 0.1) is 6.92 Å². The van der Waals surface area contributed by atoms with Gasteiger partial charge in [-0.2, -0.15) is 4.31 Å². The number of sulfonamides is 1. The molecule has 0 atom stereocenters. The molecule has 192 valence electrons. The molecule has 2 aromatic carbocycles. The van der Waals surface area contributed by atoms with Gasteiger partial charge in [0, 0.05) is 57.9 Å². The van der Waals surface area contributed by atoms with Crippen LogP contribution in [-0.2, 0) is 10.0 Å². The van der Waals surface area contributed by atoms with E-state index in [0.717, 1.165) is 71.5 Å². The lowest BCUT2D eigenvalue weighted by Crippen LogP contribution is -2.48. The number of thiazole rings is 1. The zero-order chi connectivity index (χ0) is 25.3. The minimum absolute atomic E-state index is 0.194. The van der Waals surface area contributed by atoms with E-state index in [9.17, 15) is 13.2 Å². The van der Waals surface area contributed by atoms with Gasteiger partial charge in [0.25, 0.3) is 5.91 Å². The molecular formula is C25H30ClN5O3S2. The van der Waals surface area contributed by atoms with Crippen LogP contribution < -0.4 is 10.2 Å². The van der Waals surface area contributed by atoms with E-state index < -0.39 is 10.0 Å². The lowest BCUT2D eigenvalue weighted by Gasteiger charge is -2.34. The fraction of sp³-hybridized carbons (Fsp3) is 0.440. The first kappa shape index (κ1) is 25.4. The second kappa shape index (κ2) is 10.6. The summed E-state index contributed by atoms with van der Waals surface area (Å²) in [4.78, 5) is 22.3. The average Bonchev–Trinajstić information content (AvgIpc) is 3.59. The summed E-state index contributed by atoms with van der Waals surface area (Å²) in [6, 6.07) is 10.2. The molecule has 3 heterocycles. The number of hydrogen-bond acceptors (Lipinski definition) is 7. The van der Waals surface area contributed by atoms with E-state index in [0.29, 0.717) is 25.2 Å². The van der Waals surface area contributed by atoms with Gasteiger partial charge in [-0.25, -0.2) is 13.4 Å². The number of aromatic nitrogens is 1. The van der Waals surface area contributed by atoms with Gasteiger partial charge < -0.3 is 10.2 Å². The molecule has 0 saturated carbocycles. The third-order valence-corrected chi connectivity index (χ3v) is 10.4. The van der Waals surface area contributed by atoms with Crippen LogP contribution in [0.5, 0.6) is 0 Å². The van der Waals surface area contributed by atoms with Crippen LogP contribution in [0.25, 0.3) is 10.2 Å². The lowest BCUT2D eigenvalue weighted by atomic mass is 10.2. The predicted octanol–water partition coefficient (Wildman–Crippen LogP) is 3.59. The van der Waals surface area contributed by atoms with Crippen LogP contribution in [0.2, 0.25) is 5.02 Å². The van der Waals surface area contributed by atoms with E-state index in [2.05, 4.69) is 22.0 Å². The maximum atomic E-state index is 12.7. The highest BCUT2D eigenvalue weighted by Gasteiger charge is 2.27. The molecule has 2 aliphatic rings. The van der Waals surface area contributed by atoms with E-state index in [1.54, 1.807) is 23.5 Å². The molecule has 11 heteroatoms. The topological polar surface area (TPSA) is 85.8 Å². The number of anilines is 1. The summed E-state index contributed by atoms with van der Waals surface area (Å²) >= 11 is 8.01. The van der Waals surface area contributed by atoms with Crippen molar-refractivity contribution in [1.82, 2.24) is 19.5 Å². The highest BCUT2D eigenvalue weighted by atomic mass is 35.5. The third kappa shape index (κ3) is 5.24. The fourth-order valence-corrected chi connectivity index (χ4v) is 7.56. The summed E-state index contributed by atoms with van der Waals surface area (Å²) in [6.07, 6.45) is 1.79. The number of nitrogens with one attached hydrogen (secondary N) is 1. The van der Waals surface area contributed by atoms with Gasteiger partial charge in [-0.1, -0.05) is 29.0 Å². The summed E-state index contributed by atoms with van der Waals surface area (Å²) in [5.41, 5.74) is 2.58. The Balaban J connectivity index is 1.09. The van der Waals surface area contributed by atoms with Crippen molar-refractivity contribution in [2.24, 2.45) is 0 Å². The van der Waals surface area contributed by atoms with Crippen molar-refractivity contribution in [2.75, 3.05) is 57.3 Å². The number of amides is 1. The smallest absolute Gasteiger partial charge is 0.251 e. The molecule has 0 aliphatic carbocycles. The van der Waals surface area contributed by atoms with Crippen LogP contribution in [0.3, 0.4) is 0 Å². The Morgan fingerprint density at radius 2 is 1.72 bits per heavy atom. The first-order valence-corrected chi connectivity index (χ1v) is 14.9. The molecule has 0 unspecified atom stereocenters. The number of piperazine rings is 1. The molecule has 5 rings (SSSR count). The summed E-state index contributed by atoms with van der Waals surface area (Å²) in [6.45, 7) is 7.99. The van der Waals surface area contributed by atoms with Gasteiger partial charge in [-0.05, 0) is 55.7 Å². The van der Waals surface area contributed by atoms with E-state index in [4.69, 9.17) is 16.6 Å². The average molecular weight is 548 g/mol. The highest BCUT2D eigenvalue weighted by Crippen LogP contribution is 2.35. The number of hydrogen-bond donors (Lipinski definition) is 1. The Morgan fingerprint density at radius 3 is 2.39 bits per heavy atom. The minimum Gasteiger partial charge on any atom is -0.351 e. The van der Waals surface area contributed by atoms with Crippen molar-refractivity contribution in [2.45, 2.75) is 24.7 Å². The Labute approximate surface area is 220 Å². The molecular weight excluding hydrogens is 518 g/mol. The Hall–Kier alpha value is -2.24. The Bertz CT molecular complexity index is 1310. The van der Waals surface area contributed by atoms with Gasteiger partial charge >= 0.3 is 0 Å². The van der Waals surface area contributed by atoms with Gasteiger partial charge in [0.15, 0.2) is 5.13 Å².